The van der Waals surface area contributed by atoms with E-state index in [9.17, 15) is 9.59 Å². The fraction of sp³-hybridized carbons (Fsp3) is 0.257. The summed E-state index contributed by atoms with van der Waals surface area (Å²) in [6.45, 7) is 1.79. The molecule has 0 aliphatic carbocycles. The van der Waals surface area contributed by atoms with Crippen molar-refractivity contribution in [3.05, 3.63) is 129 Å². The van der Waals surface area contributed by atoms with Crippen LogP contribution in [0.5, 0.6) is 0 Å². The van der Waals surface area contributed by atoms with Crippen LogP contribution in [0.2, 0.25) is 10.0 Å². The van der Waals surface area contributed by atoms with Crippen molar-refractivity contribution in [1.82, 2.24) is 10.6 Å². The fourth-order valence-corrected chi connectivity index (χ4v) is 5.90. The number of para-hydroxylation sites is 2. The summed E-state index contributed by atoms with van der Waals surface area (Å²) in [5.74, 6) is -0.271. The lowest BCUT2D eigenvalue weighted by Crippen LogP contribution is -2.53. The molecule has 0 saturated carbocycles. The number of carbonyl (C=O) groups excluding carboxylic acids is 2. The van der Waals surface area contributed by atoms with Gasteiger partial charge < -0.3 is 29.9 Å². The summed E-state index contributed by atoms with van der Waals surface area (Å²) in [5, 5.41) is 7.33. The molecule has 4 aromatic carbocycles. The molecule has 0 fully saturated rings. The van der Waals surface area contributed by atoms with Gasteiger partial charge in [-0.3, -0.25) is 9.59 Å². The Hall–Kier alpha value is -4.08. The minimum Gasteiger partial charge on any atom is -0.353 e. The van der Waals surface area contributed by atoms with Crippen LogP contribution in [0.4, 0.5) is 11.4 Å². The highest BCUT2D eigenvalue weighted by atomic mass is 35.5. The largest absolute Gasteiger partial charge is 0.353 e. The summed E-state index contributed by atoms with van der Waals surface area (Å²) in [7, 11) is 0. The zero-order chi connectivity index (χ0) is 31.2. The molecule has 8 nitrogen and oxygen atoms in total. The summed E-state index contributed by atoms with van der Waals surface area (Å²) < 4.78 is 12.7. The molecule has 2 aliphatic heterocycles. The first-order chi connectivity index (χ1) is 21.9. The smallest absolute Gasteiger partial charge is 0.239 e. The van der Waals surface area contributed by atoms with E-state index < -0.39 is 12.5 Å². The van der Waals surface area contributed by atoms with Gasteiger partial charge in [-0.1, -0.05) is 83.9 Å². The van der Waals surface area contributed by atoms with Gasteiger partial charge >= 0.3 is 0 Å². The number of amides is 2. The summed E-state index contributed by atoms with van der Waals surface area (Å²) in [6.07, 6.45) is -0.510. The van der Waals surface area contributed by atoms with Crippen LogP contribution >= 0.6 is 23.2 Å². The van der Waals surface area contributed by atoms with Crippen LogP contribution in [0.3, 0.4) is 0 Å². The number of halogens is 2. The zero-order valence-corrected chi connectivity index (χ0v) is 26.1. The quantitative estimate of drug-likeness (QED) is 0.219. The van der Waals surface area contributed by atoms with E-state index in [1.807, 2.05) is 82.6 Å². The summed E-state index contributed by atoms with van der Waals surface area (Å²) in [5.41, 5.74) is 5.82. The van der Waals surface area contributed by atoms with Crippen molar-refractivity contribution in [3.63, 3.8) is 0 Å². The minimum atomic E-state index is -0.462. The van der Waals surface area contributed by atoms with E-state index in [1.54, 1.807) is 24.3 Å². The molecule has 0 radical (unpaired) electrons. The maximum absolute atomic E-state index is 13.2. The summed E-state index contributed by atoms with van der Waals surface area (Å²) >= 11 is 12.0. The first-order valence-corrected chi connectivity index (χ1v) is 15.6. The number of anilines is 2. The van der Waals surface area contributed by atoms with Gasteiger partial charge in [0.05, 0.1) is 26.3 Å². The molecule has 0 bridgehead atoms. The Balaban J connectivity index is 1.17. The molecule has 4 aromatic rings. The Kier molecular flexibility index (Phi) is 9.86. The van der Waals surface area contributed by atoms with Gasteiger partial charge in [0.25, 0.3) is 0 Å². The van der Waals surface area contributed by atoms with E-state index in [2.05, 4.69) is 10.6 Å². The van der Waals surface area contributed by atoms with Crippen molar-refractivity contribution < 1.29 is 19.1 Å². The molecule has 2 N–H and O–H groups in total. The van der Waals surface area contributed by atoms with Crippen molar-refractivity contribution in [3.8, 4) is 0 Å². The molecule has 2 aliphatic rings. The summed E-state index contributed by atoms with van der Waals surface area (Å²) in [6, 6.07) is 30.7. The number of rotatable bonds is 10. The van der Waals surface area contributed by atoms with E-state index in [1.165, 1.54) is 0 Å². The second-order valence-electron chi connectivity index (χ2n) is 11.1. The van der Waals surface area contributed by atoms with Crippen LogP contribution in [0.1, 0.15) is 28.7 Å². The Bertz CT molecular complexity index is 1510. The van der Waals surface area contributed by atoms with Gasteiger partial charge in [0, 0.05) is 52.1 Å². The zero-order valence-electron chi connectivity index (χ0n) is 24.6. The van der Waals surface area contributed by atoms with E-state index in [0.717, 1.165) is 33.6 Å². The van der Waals surface area contributed by atoms with Gasteiger partial charge in [-0.25, -0.2) is 0 Å². The molecule has 232 valence electrons. The lowest BCUT2D eigenvalue weighted by atomic mass is 10.1. The van der Waals surface area contributed by atoms with Crippen LogP contribution in [0.25, 0.3) is 0 Å². The van der Waals surface area contributed by atoms with E-state index in [-0.39, 0.29) is 24.9 Å². The van der Waals surface area contributed by atoms with E-state index in [0.29, 0.717) is 42.8 Å². The molecule has 0 saturated heterocycles. The fourth-order valence-electron chi connectivity index (χ4n) is 5.65. The Morgan fingerprint density at radius 1 is 0.622 bits per heavy atom. The molecule has 2 unspecified atom stereocenters. The maximum atomic E-state index is 13.2. The number of nitrogens with zero attached hydrogens (tertiary/aromatic N) is 2. The third-order valence-electron chi connectivity index (χ3n) is 8.00. The second kappa shape index (κ2) is 14.3. The van der Waals surface area contributed by atoms with Crippen LogP contribution in [0.15, 0.2) is 97.1 Å². The predicted octanol–water partition coefficient (Wildman–Crippen LogP) is 6.04. The Morgan fingerprint density at radius 2 is 1.02 bits per heavy atom. The molecule has 0 aromatic heterocycles. The monoisotopic (exact) mass is 644 g/mol. The normalized spacial score (nSPS) is 17.3. The molecule has 10 heteroatoms. The highest BCUT2D eigenvalue weighted by Gasteiger charge is 2.36. The number of carbonyl (C=O) groups is 2. The topological polar surface area (TPSA) is 83.1 Å². The lowest BCUT2D eigenvalue weighted by molar-refractivity contribution is -0.121. The van der Waals surface area contributed by atoms with Crippen LogP contribution < -0.4 is 20.4 Å². The van der Waals surface area contributed by atoms with Gasteiger partial charge in [-0.2, -0.15) is 0 Å². The molecule has 2 atom stereocenters. The standard InChI is InChI=1S/C35H34Cl2N4O4/c36-28-13-9-24(10-14-28)18-38-32(42)20-40-30-7-3-1-5-26(30)22-44-34(40)17-35-41(31-8-4-2-6-27(31)23-45-35)21-33(43)39-19-25-11-15-29(37)16-12-25/h1-16,34-35H,17-23H2,(H,38,42)(H,39,43). The molecular weight excluding hydrogens is 611 g/mol. The first kappa shape index (κ1) is 30.9. The molecule has 2 heterocycles. The Labute approximate surface area is 272 Å². The van der Waals surface area contributed by atoms with Gasteiger partial charge in [-0.05, 0) is 47.5 Å². The van der Waals surface area contributed by atoms with Crippen molar-refractivity contribution in [1.29, 1.82) is 0 Å². The van der Waals surface area contributed by atoms with Gasteiger partial charge in [0.15, 0.2) is 0 Å². The molecule has 2 amide bonds. The lowest BCUT2D eigenvalue weighted by Gasteiger charge is -2.43. The molecule has 45 heavy (non-hydrogen) atoms. The number of ether oxygens (including phenoxy) is 2. The van der Waals surface area contributed by atoms with E-state index >= 15 is 0 Å². The Morgan fingerprint density at radius 3 is 1.44 bits per heavy atom. The third-order valence-corrected chi connectivity index (χ3v) is 8.50. The average molecular weight is 646 g/mol. The summed E-state index contributed by atoms with van der Waals surface area (Å²) in [4.78, 5) is 30.5. The average Bonchev–Trinajstić information content (AvgIpc) is 3.06. The van der Waals surface area contributed by atoms with Gasteiger partial charge in [-0.15, -0.1) is 0 Å². The van der Waals surface area contributed by atoms with Crippen molar-refractivity contribution in [2.45, 2.75) is 45.2 Å². The number of hydrogen-bond acceptors (Lipinski definition) is 6. The third kappa shape index (κ3) is 7.78. The van der Waals surface area contributed by atoms with Crippen LogP contribution in [0, 0.1) is 0 Å². The van der Waals surface area contributed by atoms with Crippen LogP contribution in [-0.2, 0) is 45.4 Å². The van der Waals surface area contributed by atoms with Crippen molar-refractivity contribution in [2.75, 3.05) is 22.9 Å². The van der Waals surface area contributed by atoms with Crippen molar-refractivity contribution in [2.24, 2.45) is 0 Å². The molecule has 6 rings (SSSR count). The SMILES string of the molecule is O=C(CN1c2ccccc2COC1CC1OCc2ccccc2N1CC(=O)NCc1ccc(Cl)cc1)NCc1ccc(Cl)cc1. The highest BCUT2D eigenvalue weighted by molar-refractivity contribution is 6.30. The van der Waals surface area contributed by atoms with E-state index in [4.69, 9.17) is 32.7 Å². The highest BCUT2D eigenvalue weighted by Crippen LogP contribution is 2.35. The minimum absolute atomic E-state index is 0.0974. The number of hydrogen-bond donors (Lipinski definition) is 2. The second-order valence-corrected chi connectivity index (χ2v) is 12.0. The maximum Gasteiger partial charge on any atom is 0.239 e. The van der Waals surface area contributed by atoms with Gasteiger partial charge in [0.2, 0.25) is 11.8 Å². The van der Waals surface area contributed by atoms with Crippen LogP contribution in [-0.4, -0.2) is 37.4 Å². The number of nitrogens with one attached hydrogen (secondary N) is 2. The first-order valence-electron chi connectivity index (χ1n) is 14.9. The molecule has 0 spiro atoms. The molecular formula is C35H34Cl2N4O4. The number of fused-ring (bicyclic) bond motifs is 2. The number of benzene rings is 4. The van der Waals surface area contributed by atoms with Gasteiger partial charge in [0.1, 0.15) is 12.5 Å². The predicted molar refractivity (Wildman–Crippen MR) is 176 cm³/mol. The van der Waals surface area contributed by atoms with Crippen molar-refractivity contribution >= 4 is 46.4 Å².